The van der Waals surface area contributed by atoms with Crippen molar-refractivity contribution < 1.29 is 9.84 Å². The molecule has 3 heteroatoms. The van der Waals surface area contributed by atoms with Gasteiger partial charge in [-0.3, -0.25) is 4.90 Å². The Balaban J connectivity index is 2.36. The molecular weight excluding hydrogens is 178 g/mol. The average molecular weight is 201 g/mol. The van der Waals surface area contributed by atoms with Crippen LogP contribution in [-0.4, -0.2) is 48.0 Å². The van der Waals surface area contributed by atoms with E-state index in [1.165, 1.54) is 0 Å². The highest BCUT2D eigenvalue weighted by molar-refractivity contribution is 4.76. The lowest BCUT2D eigenvalue weighted by atomic mass is 10.1. The van der Waals surface area contributed by atoms with Gasteiger partial charge in [-0.25, -0.2) is 0 Å². The van der Waals surface area contributed by atoms with Crippen molar-refractivity contribution in [2.24, 2.45) is 5.92 Å². The fourth-order valence-corrected chi connectivity index (χ4v) is 1.91. The molecule has 0 spiro atoms. The van der Waals surface area contributed by atoms with Crippen LogP contribution in [0.3, 0.4) is 0 Å². The molecule has 1 heterocycles. The highest BCUT2D eigenvalue weighted by Crippen LogP contribution is 2.12. The highest BCUT2D eigenvalue weighted by atomic mass is 16.5. The second-order valence-corrected chi connectivity index (χ2v) is 4.79. The molecule has 3 atom stereocenters. The van der Waals surface area contributed by atoms with E-state index in [4.69, 9.17) is 4.74 Å². The maximum absolute atomic E-state index is 9.77. The first-order valence-electron chi connectivity index (χ1n) is 5.55. The number of β-amino-alcohol motifs (C(OH)–C–C–N with tert-alkyl or cyclic N) is 1. The molecule has 1 fully saturated rings. The Kier molecular flexibility index (Phi) is 4.35. The molecule has 0 saturated carbocycles. The van der Waals surface area contributed by atoms with Gasteiger partial charge < -0.3 is 9.84 Å². The van der Waals surface area contributed by atoms with Crippen LogP contribution in [0, 0.1) is 5.92 Å². The summed E-state index contributed by atoms with van der Waals surface area (Å²) < 4.78 is 5.64. The van der Waals surface area contributed by atoms with Gasteiger partial charge in [0.05, 0.1) is 18.3 Å². The largest absolute Gasteiger partial charge is 0.392 e. The van der Waals surface area contributed by atoms with E-state index in [1.807, 2.05) is 0 Å². The smallest absolute Gasteiger partial charge is 0.0690 e. The molecule has 0 aromatic rings. The molecule has 0 aromatic heterocycles. The van der Waals surface area contributed by atoms with Crippen molar-refractivity contribution in [1.29, 1.82) is 0 Å². The molecule has 1 unspecified atom stereocenters. The Hall–Kier alpha value is -0.120. The van der Waals surface area contributed by atoms with Gasteiger partial charge in [-0.2, -0.15) is 0 Å². The third-order valence-electron chi connectivity index (χ3n) is 2.71. The van der Waals surface area contributed by atoms with Crippen LogP contribution >= 0.6 is 0 Å². The number of morpholine rings is 1. The zero-order valence-corrected chi connectivity index (χ0v) is 9.73. The van der Waals surface area contributed by atoms with E-state index in [0.29, 0.717) is 5.92 Å². The van der Waals surface area contributed by atoms with Crippen LogP contribution < -0.4 is 0 Å². The summed E-state index contributed by atoms with van der Waals surface area (Å²) in [6.07, 6.45) is 0.365. The normalized spacial score (nSPS) is 32.1. The van der Waals surface area contributed by atoms with Crippen LogP contribution in [0.15, 0.2) is 0 Å². The lowest BCUT2D eigenvalue weighted by molar-refractivity contribution is -0.0792. The molecule has 0 amide bonds. The first-order chi connectivity index (χ1) is 6.49. The first-order valence-corrected chi connectivity index (χ1v) is 5.55. The van der Waals surface area contributed by atoms with E-state index in [2.05, 4.69) is 32.6 Å². The van der Waals surface area contributed by atoms with Gasteiger partial charge in [0.2, 0.25) is 0 Å². The van der Waals surface area contributed by atoms with Gasteiger partial charge in [0, 0.05) is 19.6 Å². The zero-order chi connectivity index (χ0) is 10.7. The Morgan fingerprint density at radius 1 is 1.29 bits per heavy atom. The quantitative estimate of drug-likeness (QED) is 0.742. The lowest BCUT2D eigenvalue weighted by Gasteiger charge is -2.36. The van der Waals surface area contributed by atoms with E-state index in [0.717, 1.165) is 19.6 Å². The second kappa shape index (κ2) is 5.10. The standard InChI is InChI=1S/C11H23NO2/c1-8(2)11(13)7-12-5-9(3)14-10(4)6-12/h8-11,13H,5-7H2,1-4H3/t9-,10+,11?. The average Bonchev–Trinajstić information content (AvgIpc) is 2.01. The Morgan fingerprint density at radius 3 is 2.21 bits per heavy atom. The van der Waals surface area contributed by atoms with Crippen molar-refractivity contribution in [3.63, 3.8) is 0 Å². The van der Waals surface area contributed by atoms with Crippen LogP contribution in [0.25, 0.3) is 0 Å². The fraction of sp³-hybridized carbons (Fsp3) is 1.00. The number of hydrogen-bond acceptors (Lipinski definition) is 3. The molecular formula is C11H23NO2. The van der Waals surface area contributed by atoms with Gasteiger partial charge >= 0.3 is 0 Å². The third-order valence-corrected chi connectivity index (χ3v) is 2.71. The third kappa shape index (κ3) is 3.56. The van der Waals surface area contributed by atoms with Crippen LogP contribution in [0.4, 0.5) is 0 Å². The molecule has 1 aliphatic rings. The predicted molar refractivity (Wildman–Crippen MR) is 57.3 cm³/mol. The molecule has 1 aliphatic heterocycles. The summed E-state index contributed by atoms with van der Waals surface area (Å²) in [6, 6.07) is 0. The number of hydrogen-bond donors (Lipinski definition) is 1. The summed E-state index contributed by atoms with van der Waals surface area (Å²) in [5, 5.41) is 9.77. The van der Waals surface area contributed by atoms with Gasteiger partial charge in [-0.05, 0) is 19.8 Å². The SMILES string of the molecule is CC(C)C(O)CN1C[C@@H](C)O[C@@H](C)C1. The van der Waals surface area contributed by atoms with Gasteiger partial charge in [0.15, 0.2) is 0 Å². The topological polar surface area (TPSA) is 32.7 Å². The Morgan fingerprint density at radius 2 is 1.79 bits per heavy atom. The van der Waals surface area contributed by atoms with E-state index in [9.17, 15) is 5.11 Å². The van der Waals surface area contributed by atoms with Crippen molar-refractivity contribution >= 4 is 0 Å². The van der Waals surface area contributed by atoms with Crippen molar-refractivity contribution in [3.05, 3.63) is 0 Å². The van der Waals surface area contributed by atoms with Crippen molar-refractivity contribution in [2.75, 3.05) is 19.6 Å². The van der Waals surface area contributed by atoms with E-state index in [-0.39, 0.29) is 18.3 Å². The van der Waals surface area contributed by atoms with E-state index in [1.54, 1.807) is 0 Å². The number of rotatable bonds is 3. The molecule has 0 radical (unpaired) electrons. The van der Waals surface area contributed by atoms with Gasteiger partial charge in [-0.15, -0.1) is 0 Å². The minimum absolute atomic E-state index is 0.215. The van der Waals surface area contributed by atoms with Crippen molar-refractivity contribution in [3.8, 4) is 0 Å². The highest BCUT2D eigenvalue weighted by Gasteiger charge is 2.24. The number of aliphatic hydroxyl groups is 1. The summed E-state index contributed by atoms with van der Waals surface area (Å²) >= 11 is 0. The fourth-order valence-electron chi connectivity index (χ4n) is 1.91. The van der Waals surface area contributed by atoms with Gasteiger partial charge in [0.25, 0.3) is 0 Å². The van der Waals surface area contributed by atoms with Crippen molar-refractivity contribution in [2.45, 2.75) is 46.0 Å². The monoisotopic (exact) mass is 201 g/mol. The molecule has 1 saturated heterocycles. The molecule has 14 heavy (non-hydrogen) atoms. The van der Waals surface area contributed by atoms with Crippen LogP contribution in [0.1, 0.15) is 27.7 Å². The van der Waals surface area contributed by atoms with Gasteiger partial charge in [0.1, 0.15) is 0 Å². The lowest BCUT2D eigenvalue weighted by Crippen LogP contribution is -2.48. The minimum Gasteiger partial charge on any atom is -0.392 e. The molecule has 84 valence electrons. The minimum atomic E-state index is -0.215. The molecule has 0 aromatic carbocycles. The van der Waals surface area contributed by atoms with E-state index >= 15 is 0 Å². The van der Waals surface area contributed by atoms with E-state index < -0.39 is 0 Å². The van der Waals surface area contributed by atoms with Crippen LogP contribution in [0.2, 0.25) is 0 Å². The predicted octanol–water partition coefficient (Wildman–Crippen LogP) is 1.11. The Bertz CT molecular complexity index is 163. The Labute approximate surface area is 87.1 Å². The summed E-state index contributed by atoms with van der Waals surface area (Å²) in [4.78, 5) is 2.30. The molecule has 0 bridgehead atoms. The maximum Gasteiger partial charge on any atom is 0.0690 e. The molecule has 3 nitrogen and oxygen atoms in total. The molecule has 0 aliphatic carbocycles. The molecule has 1 N–H and O–H groups in total. The number of ether oxygens (including phenoxy) is 1. The van der Waals surface area contributed by atoms with Crippen LogP contribution in [-0.2, 0) is 4.74 Å². The van der Waals surface area contributed by atoms with Gasteiger partial charge in [-0.1, -0.05) is 13.8 Å². The van der Waals surface area contributed by atoms with Crippen LogP contribution in [0.5, 0.6) is 0 Å². The second-order valence-electron chi connectivity index (χ2n) is 4.79. The first kappa shape index (κ1) is 12.0. The number of nitrogens with zero attached hydrogens (tertiary/aromatic N) is 1. The summed E-state index contributed by atoms with van der Waals surface area (Å²) in [7, 11) is 0. The maximum atomic E-state index is 9.77. The summed E-state index contributed by atoms with van der Waals surface area (Å²) in [5.41, 5.74) is 0. The summed E-state index contributed by atoms with van der Waals surface area (Å²) in [5.74, 6) is 0.337. The van der Waals surface area contributed by atoms with Crippen molar-refractivity contribution in [1.82, 2.24) is 4.90 Å². The number of aliphatic hydroxyl groups excluding tert-OH is 1. The molecule has 1 rings (SSSR count). The summed E-state index contributed by atoms with van der Waals surface area (Å²) in [6.45, 7) is 10.9. The zero-order valence-electron chi connectivity index (χ0n) is 9.73.